The summed E-state index contributed by atoms with van der Waals surface area (Å²) >= 11 is 5.12. The van der Waals surface area contributed by atoms with Crippen molar-refractivity contribution in [2.24, 2.45) is 0 Å². The van der Waals surface area contributed by atoms with Crippen molar-refractivity contribution in [2.45, 2.75) is 24.5 Å². The first-order chi connectivity index (χ1) is 10.0. The topological polar surface area (TPSA) is 121 Å². The number of hydrogen-bond donors (Lipinski definition) is 4. The second kappa shape index (κ2) is 5.28. The molecule has 112 valence electrons. The van der Waals surface area contributed by atoms with Gasteiger partial charge >= 0.3 is 0 Å². The zero-order valence-electron chi connectivity index (χ0n) is 10.7. The number of aliphatic hydroxyl groups is 3. The van der Waals surface area contributed by atoms with Gasteiger partial charge in [0.1, 0.15) is 24.0 Å². The Hall–Kier alpha value is -1.65. The Morgan fingerprint density at radius 2 is 2.19 bits per heavy atom. The zero-order valence-corrected chi connectivity index (χ0v) is 11.5. The van der Waals surface area contributed by atoms with Crippen molar-refractivity contribution in [3.05, 3.63) is 33.5 Å². The minimum atomic E-state index is -1.28. The molecule has 1 aliphatic heterocycles. The first-order valence-corrected chi connectivity index (χ1v) is 6.67. The van der Waals surface area contributed by atoms with E-state index < -0.39 is 31.1 Å². The van der Waals surface area contributed by atoms with E-state index in [-0.39, 0.29) is 15.6 Å². The highest BCUT2D eigenvalue weighted by atomic mass is 32.1. The normalized spacial score (nSPS) is 29.1. The van der Waals surface area contributed by atoms with Crippen molar-refractivity contribution in [1.82, 2.24) is 14.5 Å². The number of pyridine rings is 1. The third-order valence-electron chi connectivity index (χ3n) is 3.46. The summed E-state index contributed by atoms with van der Waals surface area (Å²) in [5.74, 6) is 0. The molecular weight excluding hydrogens is 298 g/mol. The Kier molecular flexibility index (Phi) is 3.59. The highest BCUT2D eigenvalue weighted by Gasteiger charge is 2.43. The van der Waals surface area contributed by atoms with Crippen molar-refractivity contribution >= 4 is 23.3 Å². The highest BCUT2D eigenvalue weighted by molar-refractivity contribution is 7.71. The van der Waals surface area contributed by atoms with Crippen LogP contribution >= 0.6 is 12.2 Å². The maximum absolute atomic E-state index is 11.8. The molecule has 2 aromatic rings. The molecule has 0 aliphatic carbocycles. The van der Waals surface area contributed by atoms with E-state index in [4.69, 9.17) is 22.1 Å². The van der Waals surface area contributed by atoms with Crippen LogP contribution in [0.15, 0.2) is 23.3 Å². The van der Waals surface area contributed by atoms with Gasteiger partial charge in [-0.3, -0.25) is 9.36 Å². The van der Waals surface area contributed by atoms with E-state index in [0.717, 1.165) is 0 Å². The van der Waals surface area contributed by atoms with Crippen LogP contribution in [0.25, 0.3) is 11.0 Å². The smallest absolute Gasteiger partial charge is 0.203 e. The van der Waals surface area contributed by atoms with Crippen LogP contribution in [0.2, 0.25) is 0 Å². The molecule has 0 spiro atoms. The number of aliphatic hydroxyl groups excluding tert-OH is 3. The SMILES string of the molecule is O=c1cc[nH]c2nc(=S)n([C@@H]3O[C@H](CO)C(O)[C@@H]3O)cc12. The Morgan fingerprint density at radius 3 is 2.86 bits per heavy atom. The molecule has 0 saturated carbocycles. The summed E-state index contributed by atoms with van der Waals surface area (Å²) in [7, 11) is 0. The molecular formula is C12H13N3O5S. The fourth-order valence-electron chi connectivity index (χ4n) is 2.34. The van der Waals surface area contributed by atoms with E-state index in [1.807, 2.05) is 0 Å². The van der Waals surface area contributed by atoms with Gasteiger partial charge in [0.2, 0.25) is 4.77 Å². The van der Waals surface area contributed by atoms with E-state index >= 15 is 0 Å². The molecule has 3 heterocycles. The van der Waals surface area contributed by atoms with Gasteiger partial charge in [-0.05, 0) is 12.2 Å². The summed E-state index contributed by atoms with van der Waals surface area (Å²) < 4.78 is 6.77. The maximum Gasteiger partial charge on any atom is 0.203 e. The third-order valence-corrected chi connectivity index (χ3v) is 3.77. The molecule has 0 radical (unpaired) electrons. The van der Waals surface area contributed by atoms with Crippen molar-refractivity contribution in [3.8, 4) is 0 Å². The fraction of sp³-hybridized carbons (Fsp3) is 0.417. The summed E-state index contributed by atoms with van der Waals surface area (Å²) in [6.45, 7) is -0.441. The van der Waals surface area contributed by atoms with Crippen LogP contribution in [0.3, 0.4) is 0 Å². The van der Waals surface area contributed by atoms with Gasteiger partial charge in [-0.25, -0.2) is 4.98 Å². The Morgan fingerprint density at radius 1 is 1.43 bits per heavy atom. The molecule has 0 bridgehead atoms. The van der Waals surface area contributed by atoms with E-state index in [1.54, 1.807) is 0 Å². The molecule has 21 heavy (non-hydrogen) atoms. The van der Waals surface area contributed by atoms with Gasteiger partial charge in [0.05, 0.1) is 12.0 Å². The Bertz CT molecular complexity index is 788. The summed E-state index contributed by atoms with van der Waals surface area (Å²) in [5.41, 5.74) is 0.0715. The fourth-order valence-corrected chi connectivity index (χ4v) is 2.59. The van der Waals surface area contributed by atoms with Crippen LogP contribution in [0.1, 0.15) is 6.23 Å². The lowest BCUT2D eigenvalue weighted by Crippen LogP contribution is -2.33. The first-order valence-electron chi connectivity index (χ1n) is 6.26. The molecule has 3 rings (SSSR count). The van der Waals surface area contributed by atoms with Crippen LogP contribution in [0, 0.1) is 4.77 Å². The van der Waals surface area contributed by atoms with Gasteiger partial charge in [-0.2, -0.15) is 0 Å². The van der Waals surface area contributed by atoms with Crippen LogP contribution in [-0.2, 0) is 4.74 Å². The Labute approximate surface area is 123 Å². The predicted octanol–water partition coefficient (Wildman–Crippen LogP) is -0.934. The molecule has 4 atom stereocenters. The van der Waals surface area contributed by atoms with Gasteiger partial charge in [0, 0.05) is 18.5 Å². The zero-order chi connectivity index (χ0) is 15.1. The number of fused-ring (bicyclic) bond motifs is 1. The minimum Gasteiger partial charge on any atom is -0.394 e. The van der Waals surface area contributed by atoms with E-state index in [0.29, 0.717) is 5.65 Å². The average molecular weight is 311 g/mol. The molecule has 1 aliphatic rings. The highest BCUT2D eigenvalue weighted by Crippen LogP contribution is 2.29. The predicted molar refractivity (Wildman–Crippen MR) is 74.2 cm³/mol. The standard InChI is InChI=1S/C12H13N3O5S/c16-4-7-8(18)9(19)11(20-7)15-3-5-6(17)1-2-13-10(5)14-12(15)21/h1-3,7-9,11,16,18-19H,4H2,(H,13,14,21)/t7-,8?,9+,11-/m1/s1. The quantitative estimate of drug-likeness (QED) is 0.529. The number of hydrogen-bond acceptors (Lipinski definition) is 7. The lowest BCUT2D eigenvalue weighted by atomic mass is 10.1. The van der Waals surface area contributed by atoms with Crippen molar-refractivity contribution in [1.29, 1.82) is 0 Å². The lowest BCUT2D eigenvalue weighted by Gasteiger charge is -2.18. The van der Waals surface area contributed by atoms with Gasteiger partial charge in [0.15, 0.2) is 11.7 Å². The second-order valence-electron chi connectivity index (χ2n) is 4.76. The molecule has 4 N–H and O–H groups in total. The van der Waals surface area contributed by atoms with Crippen LogP contribution in [0.4, 0.5) is 0 Å². The summed E-state index contributed by atoms with van der Waals surface area (Å²) in [6, 6.07) is 1.34. The first kappa shape index (κ1) is 14.3. The average Bonchev–Trinajstić information content (AvgIpc) is 2.75. The molecule has 0 aromatic carbocycles. The number of aromatic nitrogens is 3. The lowest BCUT2D eigenvalue weighted by molar-refractivity contribution is -0.0538. The molecule has 0 amide bonds. The van der Waals surface area contributed by atoms with Crippen LogP contribution < -0.4 is 5.43 Å². The number of nitrogens with one attached hydrogen (secondary N) is 1. The number of nitrogens with zero attached hydrogens (tertiary/aromatic N) is 2. The largest absolute Gasteiger partial charge is 0.394 e. The molecule has 1 unspecified atom stereocenters. The summed E-state index contributed by atoms with van der Waals surface area (Å²) in [4.78, 5) is 18.7. The number of aromatic amines is 1. The van der Waals surface area contributed by atoms with Crippen molar-refractivity contribution in [2.75, 3.05) is 6.61 Å². The minimum absolute atomic E-state index is 0.0826. The van der Waals surface area contributed by atoms with Crippen LogP contribution in [-0.4, -0.2) is 54.8 Å². The monoisotopic (exact) mass is 311 g/mol. The third kappa shape index (κ3) is 2.28. The Balaban J connectivity index is 2.13. The van der Waals surface area contributed by atoms with E-state index in [1.165, 1.54) is 23.0 Å². The van der Waals surface area contributed by atoms with E-state index in [9.17, 15) is 15.0 Å². The molecule has 9 heteroatoms. The second-order valence-corrected chi connectivity index (χ2v) is 5.13. The molecule has 1 fully saturated rings. The van der Waals surface area contributed by atoms with Gasteiger partial charge < -0.3 is 25.0 Å². The van der Waals surface area contributed by atoms with Gasteiger partial charge in [-0.1, -0.05) is 0 Å². The van der Waals surface area contributed by atoms with E-state index in [2.05, 4.69) is 9.97 Å². The molecule has 2 aromatic heterocycles. The maximum atomic E-state index is 11.8. The summed E-state index contributed by atoms with van der Waals surface area (Å²) in [5, 5.41) is 29.2. The van der Waals surface area contributed by atoms with Crippen molar-refractivity contribution in [3.63, 3.8) is 0 Å². The van der Waals surface area contributed by atoms with Crippen molar-refractivity contribution < 1.29 is 20.1 Å². The molecule has 1 saturated heterocycles. The van der Waals surface area contributed by atoms with Gasteiger partial charge in [-0.15, -0.1) is 0 Å². The number of H-pyrrole nitrogens is 1. The van der Waals surface area contributed by atoms with Crippen LogP contribution in [0.5, 0.6) is 0 Å². The summed E-state index contributed by atoms with van der Waals surface area (Å²) in [6.07, 6.45) is -1.58. The number of rotatable bonds is 2. The van der Waals surface area contributed by atoms with Gasteiger partial charge in [0.25, 0.3) is 0 Å². The molecule has 8 nitrogen and oxygen atoms in total. The number of ether oxygens (including phenoxy) is 1.